The van der Waals surface area contributed by atoms with Crippen LogP contribution in [-0.4, -0.2) is 69.8 Å². The Kier molecular flexibility index (Phi) is 7.59. The highest BCUT2D eigenvalue weighted by molar-refractivity contribution is 5.77. The van der Waals surface area contributed by atoms with Crippen LogP contribution in [0.1, 0.15) is 11.3 Å². The van der Waals surface area contributed by atoms with Gasteiger partial charge in [-0.05, 0) is 18.6 Å². The molecule has 0 fully saturated rings. The van der Waals surface area contributed by atoms with Gasteiger partial charge in [-0.2, -0.15) is 13.2 Å². The van der Waals surface area contributed by atoms with Gasteiger partial charge in [-0.25, -0.2) is 14.8 Å². The van der Waals surface area contributed by atoms with Crippen LogP contribution in [0.4, 0.5) is 13.2 Å². The molecule has 2 aromatic rings. The number of aliphatic carboxylic acids is 1. The summed E-state index contributed by atoms with van der Waals surface area (Å²) in [4.78, 5) is 35.6. The van der Waals surface area contributed by atoms with Gasteiger partial charge in [0, 0.05) is 55.8 Å². The minimum Gasteiger partial charge on any atom is -0.475 e. The normalized spacial score (nSPS) is 13.6. The lowest BCUT2D eigenvalue weighted by Gasteiger charge is -2.19. The van der Waals surface area contributed by atoms with Crippen LogP contribution in [0, 0.1) is 0 Å². The molecule has 0 unspecified atom stereocenters. The van der Waals surface area contributed by atoms with E-state index in [4.69, 9.17) is 14.6 Å². The molecule has 8 nitrogen and oxygen atoms in total. The van der Waals surface area contributed by atoms with Crippen LogP contribution in [0.3, 0.4) is 0 Å². The first-order chi connectivity index (χ1) is 13.7. The first kappa shape index (κ1) is 22.2. The van der Waals surface area contributed by atoms with Crippen LogP contribution in [0.5, 0.6) is 0 Å². The number of aromatic nitrogens is 3. The number of carboxylic acids is 1. The molecule has 0 saturated heterocycles. The van der Waals surface area contributed by atoms with Crippen molar-refractivity contribution in [3.05, 3.63) is 42.1 Å². The minimum atomic E-state index is -5.08. The molecular formula is C18H19F3N4O4. The number of carbonyl (C=O) groups excluding carboxylic acids is 1. The zero-order valence-corrected chi connectivity index (χ0v) is 15.5. The maximum atomic E-state index is 12.0. The Hall–Kier alpha value is -3.08. The Balaban J connectivity index is 0.000000370. The van der Waals surface area contributed by atoms with E-state index in [1.54, 1.807) is 18.7 Å². The Labute approximate surface area is 164 Å². The summed E-state index contributed by atoms with van der Waals surface area (Å²) >= 11 is 0. The molecule has 0 aliphatic carbocycles. The van der Waals surface area contributed by atoms with Crippen LogP contribution in [-0.2, 0) is 27.2 Å². The molecule has 3 rings (SSSR count). The van der Waals surface area contributed by atoms with Crippen LogP contribution >= 0.6 is 0 Å². The number of rotatable bonds is 3. The van der Waals surface area contributed by atoms with Crippen molar-refractivity contribution in [2.75, 3.05) is 26.8 Å². The van der Waals surface area contributed by atoms with Gasteiger partial charge in [0.15, 0.2) is 0 Å². The van der Waals surface area contributed by atoms with Crippen LogP contribution < -0.4 is 0 Å². The third kappa shape index (κ3) is 6.21. The summed E-state index contributed by atoms with van der Waals surface area (Å²) in [6.45, 7) is 1.46. The second-order valence-electron chi connectivity index (χ2n) is 6.00. The van der Waals surface area contributed by atoms with E-state index in [0.29, 0.717) is 13.1 Å². The van der Waals surface area contributed by atoms with E-state index >= 15 is 0 Å². The number of carboxylic acid groups (broad SMARTS) is 1. The van der Waals surface area contributed by atoms with Crippen molar-refractivity contribution in [1.29, 1.82) is 0 Å². The molecule has 1 aliphatic rings. The monoisotopic (exact) mass is 412 g/mol. The largest absolute Gasteiger partial charge is 0.490 e. The standard InChI is InChI=1S/C16H18N4O2.C2HF3O2/c1-22-10-15(21)20-8-4-13-14(5-9-20)18-11-19-16(13)12-2-6-17-7-3-12;3-2(4,5)1(6)7/h2-3,6-7,11H,4-5,8-10H2,1H3;(H,6,7). The summed E-state index contributed by atoms with van der Waals surface area (Å²) in [6, 6.07) is 3.89. The first-order valence-corrected chi connectivity index (χ1v) is 8.54. The summed E-state index contributed by atoms with van der Waals surface area (Å²) < 4.78 is 36.7. The summed E-state index contributed by atoms with van der Waals surface area (Å²) in [5, 5.41) is 7.12. The average Bonchev–Trinajstić information content (AvgIpc) is 2.91. The van der Waals surface area contributed by atoms with Crippen molar-refractivity contribution >= 4 is 11.9 Å². The van der Waals surface area contributed by atoms with Crippen molar-refractivity contribution < 1.29 is 32.6 Å². The van der Waals surface area contributed by atoms with Gasteiger partial charge < -0.3 is 14.7 Å². The fraction of sp³-hybridized carbons (Fsp3) is 0.389. The molecule has 29 heavy (non-hydrogen) atoms. The number of carbonyl (C=O) groups is 2. The van der Waals surface area contributed by atoms with E-state index in [2.05, 4.69) is 15.0 Å². The average molecular weight is 412 g/mol. The number of pyridine rings is 1. The summed E-state index contributed by atoms with van der Waals surface area (Å²) in [6.07, 6.45) is 1.53. The second kappa shape index (κ2) is 9.92. The predicted molar refractivity (Wildman–Crippen MR) is 94.8 cm³/mol. The molecule has 0 atom stereocenters. The van der Waals surface area contributed by atoms with E-state index in [0.717, 1.165) is 35.4 Å². The van der Waals surface area contributed by atoms with Gasteiger partial charge in [-0.3, -0.25) is 9.78 Å². The number of halogens is 3. The van der Waals surface area contributed by atoms with Gasteiger partial charge in [0.1, 0.15) is 12.9 Å². The Morgan fingerprint density at radius 3 is 2.38 bits per heavy atom. The zero-order chi connectivity index (χ0) is 21.4. The van der Waals surface area contributed by atoms with E-state index < -0.39 is 12.1 Å². The zero-order valence-electron chi connectivity index (χ0n) is 15.5. The van der Waals surface area contributed by atoms with Crippen LogP contribution in [0.25, 0.3) is 11.3 Å². The number of amides is 1. The van der Waals surface area contributed by atoms with Crippen molar-refractivity contribution in [2.24, 2.45) is 0 Å². The molecule has 11 heteroatoms. The third-order valence-electron chi connectivity index (χ3n) is 4.10. The topological polar surface area (TPSA) is 106 Å². The van der Waals surface area contributed by atoms with Gasteiger partial charge in [0.2, 0.25) is 5.91 Å². The number of methoxy groups -OCH3 is 1. The summed E-state index contributed by atoms with van der Waals surface area (Å²) in [5.74, 6) is -2.73. The molecule has 0 aromatic carbocycles. The molecule has 0 saturated carbocycles. The fourth-order valence-electron chi connectivity index (χ4n) is 2.75. The predicted octanol–water partition coefficient (Wildman–Crippen LogP) is 1.75. The van der Waals surface area contributed by atoms with Gasteiger partial charge in [-0.15, -0.1) is 0 Å². The number of hydrogen-bond acceptors (Lipinski definition) is 6. The lowest BCUT2D eigenvalue weighted by Crippen LogP contribution is -2.35. The van der Waals surface area contributed by atoms with Crippen LogP contribution in [0.15, 0.2) is 30.9 Å². The Bertz CT molecular complexity index is 847. The molecule has 156 valence electrons. The number of alkyl halides is 3. The van der Waals surface area contributed by atoms with Crippen LogP contribution in [0.2, 0.25) is 0 Å². The quantitative estimate of drug-likeness (QED) is 0.819. The van der Waals surface area contributed by atoms with Gasteiger partial charge in [0.05, 0.1) is 5.69 Å². The molecule has 1 aliphatic heterocycles. The molecule has 0 bridgehead atoms. The van der Waals surface area contributed by atoms with Crippen molar-refractivity contribution in [2.45, 2.75) is 19.0 Å². The lowest BCUT2D eigenvalue weighted by atomic mass is 10.0. The van der Waals surface area contributed by atoms with E-state index in [1.807, 2.05) is 17.0 Å². The lowest BCUT2D eigenvalue weighted by molar-refractivity contribution is -0.192. The van der Waals surface area contributed by atoms with Crippen molar-refractivity contribution in [3.63, 3.8) is 0 Å². The van der Waals surface area contributed by atoms with Crippen molar-refractivity contribution in [1.82, 2.24) is 19.9 Å². The van der Waals surface area contributed by atoms with E-state index in [9.17, 15) is 18.0 Å². The number of hydrogen-bond donors (Lipinski definition) is 1. The summed E-state index contributed by atoms with van der Waals surface area (Å²) in [7, 11) is 1.54. The molecule has 0 spiro atoms. The Morgan fingerprint density at radius 2 is 1.79 bits per heavy atom. The molecule has 2 aromatic heterocycles. The highest BCUT2D eigenvalue weighted by atomic mass is 19.4. The van der Waals surface area contributed by atoms with Gasteiger partial charge >= 0.3 is 12.1 Å². The highest BCUT2D eigenvalue weighted by Crippen LogP contribution is 2.25. The maximum Gasteiger partial charge on any atom is 0.490 e. The SMILES string of the molecule is COCC(=O)N1CCc2ncnc(-c3ccncc3)c2CC1.O=C(O)C(F)(F)F. The number of fused-ring (bicyclic) bond motifs is 1. The van der Waals surface area contributed by atoms with Gasteiger partial charge in [0.25, 0.3) is 0 Å². The second-order valence-corrected chi connectivity index (χ2v) is 6.00. The minimum absolute atomic E-state index is 0.0220. The third-order valence-corrected chi connectivity index (χ3v) is 4.10. The summed E-state index contributed by atoms with van der Waals surface area (Å²) in [5.41, 5.74) is 4.12. The molecule has 0 radical (unpaired) electrons. The van der Waals surface area contributed by atoms with Gasteiger partial charge in [-0.1, -0.05) is 0 Å². The molecular weight excluding hydrogens is 393 g/mol. The van der Waals surface area contributed by atoms with E-state index in [1.165, 1.54) is 7.11 Å². The Morgan fingerprint density at radius 1 is 1.17 bits per heavy atom. The maximum absolute atomic E-state index is 12.0. The van der Waals surface area contributed by atoms with Crippen molar-refractivity contribution in [3.8, 4) is 11.3 Å². The number of nitrogens with zero attached hydrogens (tertiary/aromatic N) is 4. The smallest absolute Gasteiger partial charge is 0.475 e. The van der Waals surface area contributed by atoms with E-state index in [-0.39, 0.29) is 12.5 Å². The first-order valence-electron chi connectivity index (χ1n) is 8.54. The molecule has 1 N–H and O–H groups in total. The fourth-order valence-corrected chi connectivity index (χ4v) is 2.75. The highest BCUT2D eigenvalue weighted by Gasteiger charge is 2.38. The number of ether oxygens (including phenoxy) is 1. The molecule has 1 amide bonds. The molecule has 3 heterocycles.